The molecule has 1 amide bonds. The molecule has 1 fully saturated rings. The van der Waals surface area contributed by atoms with E-state index >= 15 is 0 Å². The van der Waals surface area contributed by atoms with Gasteiger partial charge in [-0.2, -0.15) is 0 Å². The molecule has 0 aromatic heterocycles. The molecule has 1 heterocycles. The third kappa shape index (κ3) is 3.22. The molecular formula is C13H16F3N3O. The second kappa shape index (κ2) is 6.13. The Morgan fingerprint density at radius 1 is 1.15 bits per heavy atom. The number of carbonyl (C=O) groups excluding carboxylic acids is 1. The summed E-state index contributed by atoms with van der Waals surface area (Å²) in [6.07, 6.45) is 0. The zero-order chi connectivity index (χ0) is 14.7. The van der Waals surface area contributed by atoms with Crippen molar-refractivity contribution in [2.45, 2.75) is 0 Å². The van der Waals surface area contributed by atoms with Crippen LogP contribution in [0, 0.1) is 17.5 Å². The summed E-state index contributed by atoms with van der Waals surface area (Å²) in [5, 5.41) is 2.50. The van der Waals surface area contributed by atoms with Crippen LogP contribution in [0.25, 0.3) is 0 Å². The van der Waals surface area contributed by atoms with E-state index in [1.165, 1.54) is 0 Å². The van der Waals surface area contributed by atoms with Crippen LogP contribution in [0.3, 0.4) is 0 Å². The van der Waals surface area contributed by atoms with E-state index in [0.717, 1.165) is 25.2 Å². The molecule has 1 aliphatic heterocycles. The minimum atomic E-state index is -1.54. The van der Waals surface area contributed by atoms with Gasteiger partial charge in [0.25, 0.3) is 0 Å². The Morgan fingerprint density at radius 3 is 2.45 bits per heavy atom. The van der Waals surface area contributed by atoms with E-state index in [-0.39, 0.29) is 18.1 Å². The molecule has 4 nitrogen and oxygen atoms in total. The van der Waals surface area contributed by atoms with Crippen molar-refractivity contribution >= 4 is 11.6 Å². The Balaban J connectivity index is 1.92. The predicted molar refractivity (Wildman–Crippen MR) is 68.9 cm³/mol. The normalized spacial score (nSPS) is 16.3. The van der Waals surface area contributed by atoms with Crippen LogP contribution in [-0.2, 0) is 4.79 Å². The zero-order valence-electron chi connectivity index (χ0n) is 11.1. The summed E-state index contributed by atoms with van der Waals surface area (Å²) in [5.41, 5.74) is -0.216. The topological polar surface area (TPSA) is 35.6 Å². The van der Waals surface area contributed by atoms with Crippen molar-refractivity contribution in [2.24, 2.45) is 0 Å². The maximum atomic E-state index is 13.4. The summed E-state index contributed by atoms with van der Waals surface area (Å²) in [6.45, 7) is 2.64. The Bertz CT molecular complexity index is 502. The van der Waals surface area contributed by atoms with E-state index in [1.54, 1.807) is 4.90 Å². The lowest BCUT2D eigenvalue weighted by atomic mass is 10.2. The average Bonchev–Trinajstić information content (AvgIpc) is 2.44. The molecule has 0 bridgehead atoms. The highest BCUT2D eigenvalue weighted by atomic mass is 19.2. The van der Waals surface area contributed by atoms with Crippen LogP contribution in [-0.4, -0.2) is 55.5 Å². The Labute approximate surface area is 115 Å². The van der Waals surface area contributed by atoms with Gasteiger partial charge in [-0.25, -0.2) is 13.2 Å². The number of piperazine rings is 1. The van der Waals surface area contributed by atoms with Gasteiger partial charge >= 0.3 is 0 Å². The summed E-state index contributed by atoms with van der Waals surface area (Å²) >= 11 is 0. The Morgan fingerprint density at radius 2 is 1.80 bits per heavy atom. The summed E-state index contributed by atoms with van der Waals surface area (Å²) in [7, 11) is 1.97. The average molecular weight is 287 g/mol. The summed E-state index contributed by atoms with van der Waals surface area (Å²) in [4.78, 5) is 15.7. The molecule has 1 aromatic rings. The molecule has 7 heteroatoms. The largest absolute Gasteiger partial charge is 0.374 e. The fourth-order valence-electron chi connectivity index (χ4n) is 2.00. The van der Waals surface area contributed by atoms with Crippen molar-refractivity contribution in [3.63, 3.8) is 0 Å². The lowest BCUT2D eigenvalue weighted by Crippen LogP contribution is -2.48. The second-order valence-corrected chi connectivity index (χ2v) is 4.76. The van der Waals surface area contributed by atoms with Gasteiger partial charge in [0.1, 0.15) is 0 Å². The molecular weight excluding hydrogens is 271 g/mol. The van der Waals surface area contributed by atoms with Gasteiger partial charge in [0.2, 0.25) is 5.91 Å². The molecule has 0 unspecified atom stereocenters. The Kier molecular flexibility index (Phi) is 4.49. The van der Waals surface area contributed by atoms with E-state index in [2.05, 4.69) is 10.2 Å². The first-order valence-electron chi connectivity index (χ1n) is 6.32. The number of nitrogens with zero attached hydrogens (tertiary/aromatic N) is 2. The van der Waals surface area contributed by atoms with Gasteiger partial charge in [0.15, 0.2) is 17.5 Å². The standard InChI is InChI=1S/C13H16F3N3O/c1-18-4-6-19(7-5-18)11(20)8-17-10-3-2-9(14)12(15)13(10)16/h2-3,17H,4-8H2,1H3. The first kappa shape index (κ1) is 14.6. The van der Waals surface area contributed by atoms with Crippen LogP contribution in [0.5, 0.6) is 0 Å². The molecule has 1 aliphatic rings. The molecule has 0 aliphatic carbocycles. The van der Waals surface area contributed by atoms with Gasteiger partial charge in [-0.3, -0.25) is 4.79 Å². The quantitative estimate of drug-likeness (QED) is 0.851. The van der Waals surface area contributed by atoms with Crippen LogP contribution in [0.15, 0.2) is 12.1 Å². The number of halogens is 3. The van der Waals surface area contributed by atoms with Crippen LogP contribution in [0.1, 0.15) is 0 Å². The van der Waals surface area contributed by atoms with Crippen molar-refractivity contribution in [1.82, 2.24) is 9.80 Å². The summed E-state index contributed by atoms with van der Waals surface area (Å²) in [5.74, 6) is -4.29. The zero-order valence-corrected chi connectivity index (χ0v) is 11.1. The van der Waals surface area contributed by atoms with Crippen LogP contribution >= 0.6 is 0 Å². The molecule has 20 heavy (non-hydrogen) atoms. The fraction of sp³-hybridized carbons (Fsp3) is 0.462. The van der Waals surface area contributed by atoms with Crippen LogP contribution in [0.4, 0.5) is 18.9 Å². The summed E-state index contributed by atoms with van der Waals surface area (Å²) < 4.78 is 39.2. The number of hydrogen-bond donors (Lipinski definition) is 1. The number of rotatable bonds is 3. The van der Waals surface area contributed by atoms with Crippen molar-refractivity contribution in [3.8, 4) is 0 Å². The minimum Gasteiger partial charge on any atom is -0.374 e. The first-order chi connectivity index (χ1) is 9.49. The highest BCUT2D eigenvalue weighted by molar-refractivity contribution is 5.81. The van der Waals surface area contributed by atoms with Crippen molar-refractivity contribution < 1.29 is 18.0 Å². The van der Waals surface area contributed by atoms with Gasteiger partial charge in [-0.05, 0) is 19.2 Å². The van der Waals surface area contributed by atoms with E-state index in [4.69, 9.17) is 0 Å². The molecule has 0 spiro atoms. The molecule has 1 aromatic carbocycles. The van der Waals surface area contributed by atoms with Gasteiger partial charge in [-0.1, -0.05) is 0 Å². The molecule has 1 N–H and O–H groups in total. The second-order valence-electron chi connectivity index (χ2n) is 4.76. The molecule has 1 saturated heterocycles. The van der Waals surface area contributed by atoms with Crippen molar-refractivity contribution in [3.05, 3.63) is 29.6 Å². The highest BCUT2D eigenvalue weighted by Gasteiger charge is 2.19. The van der Waals surface area contributed by atoms with Crippen LogP contribution in [0.2, 0.25) is 0 Å². The first-order valence-corrected chi connectivity index (χ1v) is 6.32. The van der Waals surface area contributed by atoms with Crippen molar-refractivity contribution in [2.75, 3.05) is 45.1 Å². The van der Waals surface area contributed by atoms with E-state index in [1.807, 2.05) is 7.05 Å². The van der Waals surface area contributed by atoms with E-state index in [0.29, 0.717) is 13.1 Å². The number of nitrogens with one attached hydrogen (secondary N) is 1. The smallest absolute Gasteiger partial charge is 0.241 e. The fourth-order valence-corrected chi connectivity index (χ4v) is 2.00. The predicted octanol–water partition coefficient (Wildman–Crippen LogP) is 1.29. The Hall–Kier alpha value is -1.76. The third-order valence-corrected chi connectivity index (χ3v) is 3.32. The molecule has 0 atom stereocenters. The van der Waals surface area contributed by atoms with Crippen LogP contribution < -0.4 is 5.32 Å². The van der Waals surface area contributed by atoms with Gasteiger partial charge in [0, 0.05) is 26.2 Å². The lowest BCUT2D eigenvalue weighted by molar-refractivity contribution is -0.130. The van der Waals surface area contributed by atoms with Gasteiger partial charge in [-0.15, -0.1) is 0 Å². The number of carbonyl (C=O) groups is 1. The van der Waals surface area contributed by atoms with Gasteiger partial charge in [0.05, 0.1) is 12.2 Å². The molecule has 110 valence electrons. The number of anilines is 1. The highest BCUT2D eigenvalue weighted by Crippen LogP contribution is 2.19. The maximum absolute atomic E-state index is 13.4. The number of amides is 1. The van der Waals surface area contributed by atoms with Gasteiger partial charge < -0.3 is 15.1 Å². The monoisotopic (exact) mass is 287 g/mol. The molecule has 2 rings (SSSR count). The minimum absolute atomic E-state index is 0.147. The van der Waals surface area contributed by atoms with E-state index < -0.39 is 17.5 Å². The third-order valence-electron chi connectivity index (χ3n) is 3.32. The number of benzene rings is 1. The number of hydrogen-bond acceptors (Lipinski definition) is 3. The van der Waals surface area contributed by atoms with Crippen molar-refractivity contribution in [1.29, 1.82) is 0 Å². The summed E-state index contributed by atoms with van der Waals surface area (Å²) in [6, 6.07) is 1.89. The molecule has 0 saturated carbocycles. The number of likely N-dealkylation sites (N-methyl/N-ethyl adjacent to an activating group) is 1. The van der Waals surface area contributed by atoms with E-state index in [9.17, 15) is 18.0 Å². The lowest BCUT2D eigenvalue weighted by Gasteiger charge is -2.32. The SMILES string of the molecule is CN1CCN(C(=O)CNc2ccc(F)c(F)c2F)CC1. The molecule has 0 radical (unpaired) electrons. The maximum Gasteiger partial charge on any atom is 0.241 e.